The van der Waals surface area contributed by atoms with Crippen LogP contribution in [0.2, 0.25) is 0 Å². The van der Waals surface area contributed by atoms with Crippen molar-refractivity contribution in [1.82, 2.24) is 14.6 Å². The molecule has 0 aliphatic rings. The van der Waals surface area contributed by atoms with Gasteiger partial charge in [-0.05, 0) is 35.2 Å². The fourth-order valence-electron chi connectivity index (χ4n) is 3.48. The third-order valence-electron chi connectivity index (χ3n) is 5.06. The van der Waals surface area contributed by atoms with Crippen LogP contribution < -0.4 is 15.8 Å². The van der Waals surface area contributed by atoms with Crippen LogP contribution in [0.4, 0.5) is 11.6 Å². The smallest absolute Gasteiger partial charge is 0.248 e. The average molecular weight is 421 g/mol. The van der Waals surface area contributed by atoms with Crippen LogP contribution in [-0.2, 0) is 4.79 Å². The molecule has 0 spiro atoms. The van der Waals surface area contributed by atoms with Gasteiger partial charge in [-0.25, -0.2) is 0 Å². The van der Waals surface area contributed by atoms with Gasteiger partial charge in [0.2, 0.25) is 17.7 Å². The molecule has 2 heterocycles. The number of carbonyl (C=O) groups excluding carboxylic acids is 1. The summed E-state index contributed by atoms with van der Waals surface area (Å²) in [6.45, 7) is 3.72. The first-order chi connectivity index (χ1) is 15.6. The van der Waals surface area contributed by atoms with Crippen molar-refractivity contribution < 1.29 is 9.53 Å². The van der Waals surface area contributed by atoms with Crippen LogP contribution in [0, 0.1) is 0 Å². The first-order valence-corrected chi connectivity index (χ1v) is 9.96. The summed E-state index contributed by atoms with van der Waals surface area (Å²) in [5, 5.41) is 10.1. The summed E-state index contributed by atoms with van der Waals surface area (Å²) >= 11 is 0. The van der Waals surface area contributed by atoms with Gasteiger partial charge in [0.15, 0.2) is 5.65 Å². The number of hydrogen-bond acceptors (Lipinski definition) is 5. The Bertz CT molecular complexity index is 1480. The number of hydrogen-bond donors (Lipinski definition) is 2. The molecule has 0 atom stereocenters. The molecule has 2 aromatic heterocycles. The zero-order valence-corrected chi connectivity index (χ0v) is 17.0. The highest BCUT2D eigenvalue weighted by Crippen LogP contribution is 2.28. The Hall–Kier alpha value is -4.65. The summed E-state index contributed by atoms with van der Waals surface area (Å²) < 4.78 is 7.65. The molecule has 7 nitrogen and oxygen atoms in total. The monoisotopic (exact) mass is 421 g/mol. The first-order valence-electron chi connectivity index (χ1n) is 9.96. The quantitative estimate of drug-likeness (QED) is 0.380. The molecule has 0 unspecified atom stereocenters. The zero-order valence-electron chi connectivity index (χ0n) is 17.0. The molecule has 0 aliphatic heterocycles. The highest BCUT2D eigenvalue weighted by Gasteiger charge is 2.12. The maximum Gasteiger partial charge on any atom is 0.248 e. The lowest BCUT2D eigenvalue weighted by Gasteiger charge is -2.09. The number of nitrogens with one attached hydrogen (secondary N) is 1. The Kier molecular flexibility index (Phi) is 4.76. The number of fused-ring (bicyclic) bond motifs is 2. The van der Waals surface area contributed by atoms with Gasteiger partial charge in [-0.3, -0.25) is 4.79 Å². The Morgan fingerprint density at radius 1 is 0.969 bits per heavy atom. The largest absolute Gasteiger partial charge is 0.439 e. The molecule has 1 amide bonds. The molecule has 0 radical (unpaired) electrons. The molecule has 7 heteroatoms. The van der Waals surface area contributed by atoms with Crippen LogP contribution in [0.25, 0.3) is 22.0 Å². The number of carbonyl (C=O) groups is 1. The summed E-state index contributed by atoms with van der Waals surface area (Å²) in [4.78, 5) is 16.0. The molecule has 156 valence electrons. The molecule has 0 saturated heterocycles. The third-order valence-corrected chi connectivity index (χ3v) is 5.06. The van der Waals surface area contributed by atoms with Gasteiger partial charge < -0.3 is 15.8 Å². The zero-order chi connectivity index (χ0) is 22.1. The Balaban J connectivity index is 1.47. The van der Waals surface area contributed by atoms with E-state index in [-0.39, 0.29) is 5.57 Å². The molecule has 3 aromatic carbocycles. The second-order valence-electron chi connectivity index (χ2n) is 7.19. The molecule has 0 saturated carbocycles. The lowest BCUT2D eigenvalue weighted by molar-refractivity contribution is -0.112. The minimum absolute atomic E-state index is 0.219. The second kappa shape index (κ2) is 7.88. The highest BCUT2D eigenvalue weighted by molar-refractivity contribution is 6.17. The minimum atomic E-state index is -0.579. The SMILES string of the molecule is C=C(C(N)=O)c1cccc(Oc2cccc3nc(Nc4cccc5ccccc45)nn23)c1. The van der Waals surface area contributed by atoms with Crippen LogP contribution >= 0.6 is 0 Å². The van der Waals surface area contributed by atoms with E-state index >= 15 is 0 Å². The van der Waals surface area contributed by atoms with Gasteiger partial charge in [0.25, 0.3) is 0 Å². The maximum atomic E-state index is 11.4. The predicted molar refractivity (Wildman–Crippen MR) is 125 cm³/mol. The summed E-state index contributed by atoms with van der Waals surface area (Å²) in [5.41, 5.74) is 7.70. The molecule has 5 aromatic rings. The summed E-state index contributed by atoms with van der Waals surface area (Å²) in [6.07, 6.45) is 0. The number of nitrogens with zero attached hydrogens (tertiary/aromatic N) is 3. The summed E-state index contributed by atoms with van der Waals surface area (Å²) in [5.74, 6) is 0.872. The first kappa shape index (κ1) is 19.3. The van der Waals surface area contributed by atoms with Crippen LogP contribution in [-0.4, -0.2) is 20.5 Å². The van der Waals surface area contributed by atoms with Crippen molar-refractivity contribution in [1.29, 1.82) is 0 Å². The van der Waals surface area contributed by atoms with Gasteiger partial charge in [0.05, 0.1) is 0 Å². The van der Waals surface area contributed by atoms with Gasteiger partial charge in [0, 0.05) is 22.7 Å². The fourth-order valence-corrected chi connectivity index (χ4v) is 3.48. The number of pyridine rings is 1. The topological polar surface area (TPSA) is 94.5 Å². The summed E-state index contributed by atoms with van der Waals surface area (Å²) in [7, 11) is 0. The molecule has 5 rings (SSSR count). The lowest BCUT2D eigenvalue weighted by Crippen LogP contribution is -2.11. The van der Waals surface area contributed by atoms with Gasteiger partial charge in [-0.2, -0.15) is 9.50 Å². The predicted octanol–water partition coefficient (Wildman–Crippen LogP) is 4.92. The maximum absolute atomic E-state index is 11.4. The van der Waals surface area contributed by atoms with E-state index in [1.807, 2.05) is 36.4 Å². The van der Waals surface area contributed by atoms with Gasteiger partial charge >= 0.3 is 0 Å². The van der Waals surface area contributed by atoms with Crippen molar-refractivity contribution >= 4 is 39.5 Å². The molecule has 32 heavy (non-hydrogen) atoms. The molecule has 3 N–H and O–H groups in total. The average Bonchev–Trinajstić information content (AvgIpc) is 3.22. The van der Waals surface area contributed by atoms with E-state index in [4.69, 9.17) is 10.5 Å². The lowest BCUT2D eigenvalue weighted by atomic mass is 10.1. The van der Waals surface area contributed by atoms with Crippen molar-refractivity contribution in [3.8, 4) is 11.6 Å². The van der Waals surface area contributed by atoms with E-state index in [1.54, 1.807) is 34.8 Å². The van der Waals surface area contributed by atoms with Gasteiger partial charge in [-0.15, -0.1) is 5.10 Å². The van der Waals surface area contributed by atoms with Gasteiger partial charge in [-0.1, -0.05) is 61.2 Å². The van der Waals surface area contributed by atoms with Gasteiger partial charge in [0.1, 0.15) is 5.75 Å². The summed E-state index contributed by atoms with van der Waals surface area (Å²) in [6, 6.07) is 26.6. The van der Waals surface area contributed by atoms with Crippen molar-refractivity contribution in [2.75, 3.05) is 5.32 Å². The number of ether oxygens (including phenoxy) is 1. The van der Waals surface area contributed by atoms with Crippen LogP contribution in [0.3, 0.4) is 0 Å². The van der Waals surface area contributed by atoms with Crippen molar-refractivity contribution in [2.24, 2.45) is 5.73 Å². The molecular weight excluding hydrogens is 402 g/mol. The number of nitrogens with two attached hydrogens (primary N) is 1. The number of primary amides is 1. The van der Waals surface area contributed by atoms with Crippen LogP contribution in [0.5, 0.6) is 11.6 Å². The van der Waals surface area contributed by atoms with E-state index in [9.17, 15) is 4.79 Å². The van der Waals surface area contributed by atoms with E-state index < -0.39 is 5.91 Å². The number of amides is 1. The number of anilines is 2. The van der Waals surface area contributed by atoms with E-state index in [0.717, 1.165) is 16.5 Å². The van der Waals surface area contributed by atoms with Crippen LogP contribution in [0.1, 0.15) is 5.56 Å². The Morgan fingerprint density at radius 2 is 1.75 bits per heavy atom. The molecular formula is C25H19N5O2. The second-order valence-corrected chi connectivity index (χ2v) is 7.19. The normalized spacial score (nSPS) is 10.9. The number of benzene rings is 3. The fraction of sp³-hybridized carbons (Fsp3) is 0. The van der Waals surface area contributed by atoms with Crippen molar-refractivity contribution in [3.05, 3.63) is 97.1 Å². The van der Waals surface area contributed by atoms with Crippen molar-refractivity contribution in [3.63, 3.8) is 0 Å². The van der Waals surface area contributed by atoms with E-state index in [1.165, 1.54) is 0 Å². The van der Waals surface area contributed by atoms with E-state index in [2.05, 4.69) is 40.2 Å². The Morgan fingerprint density at radius 3 is 2.62 bits per heavy atom. The molecule has 0 fully saturated rings. The minimum Gasteiger partial charge on any atom is -0.439 e. The number of rotatable bonds is 6. The third kappa shape index (κ3) is 3.63. The van der Waals surface area contributed by atoms with E-state index in [0.29, 0.717) is 28.8 Å². The number of aromatic nitrogens is 3. The molecule has 0 bridgehead atoms. The standard InChI is InChI=1S/C25H19N5O2/c1-16(24(26)31)18-9-4-10-19(15-18)32-23-14-6-13-22-28-25(29-30(22)23)27-21-12-5-8-17-7-2-3-11-20(17)21/h2-15H,1H2,(H2,26,31)(H,27,29). The van der Waals surface area contributed by atoms with Crippen LogP contribution in [0.15, 0.2) is 91.5 Å². The Labute approximate surface area is 183 Å². The van der Waals surface area contributed by atoms with Crippen molar-refractivity contribution in [2.45, 2.75) is 0 Å². The molecule has 0 aliphatic carbocycles. The highest BCUT2D eigenvalue weighted by atomic mass is 16.5.